The lowest BCUT2D eigenvalue weighted by Gasteiger charge is -2.19. The van der Waals surface area contributed by atoms with E-state index in [1.54, 1.807) is 0 Å². The average molecular weight is 246 g/mol. The van der Waals surface area contributed by atoms with Crippen molar-refractivity contribution in [2.75, 3.05) is 13.2 Å². The minimum atomic E-state index is -0.571. The van der Waals surface area contributed by atoms with Crippen LogP contribution in [0.2, 0.25) is 0 Å². The van der Waals surface area contributed by atoms with E-state index in [-0.39, 0.29) is 12.2 Å². The van der Waals surface area contributed by atoms with Crippen LogP contribution >= 0.6 is 0 Å². The molecule has 100 valence electrons. The molecule has 0 aliphatic rings. The standard InChI is InChI=1S/C12H22O5/c1-6-10(13)16-11(7-2)14-8-9-15-17-12(3,4)5/h6,11H,1,7-9H2,2-5H3. The number of rotatable bonds is 8. The number of hydrogen-bond donors (Lipinski definition) is 0. The Kier molecular flexibility index (Phi) is 7.78. The Labute approximate surface area is 103 Å². The molecule has 5 heteroatoms. The smallest absolute Gasteiger partial charge is 0.332 e. The molecule has 5 nitrogen and oxygen atoms in total. The van der Waals surface area contributed by atoms with E-state index < -0.39 is 12.3 Å². The van der Waals surface area contributed by atoms with Crippen LogP contribution in [0.4, 0.5) is 0 Å². The van der Waals surface area contributed by atoms with Gasteiger partial charge in [0.2, 0.25) is 6.29 Å². The molecule has 17 heavy (non-hydrogen) atoms. The first-order valence-corrected chi connectivity index (χ1v) is 5.64. The van der Waals surface area contributed by atoms with Gasteiger partial charge in [-0.25, -0.2) is 14.6 Å². The van der Waals surface area contributed by atoms with E-state index in [0.717, 1.165) is 6.08 Å². The van der Waals surface area contributed by atoms with E-state index in [9.17, 15) is 4.79 Å². The van der Waals surface area contributed by atoms with Crippen LogP contribution in [-0.2, 0) is 24.0 Å². The quantitative estimate of drug-likeness (QED) is 0.164. The largest absolute Gasteiger partial charge is 0.433 e. The molecule has 0 heterocycles. The summed E-state index contributed by atoms with van der Waals surface area (Å²) in [7, 11) is 0. The third-order valence-electron chi connectivity index (χ3n) is 1.53. The second kappa shape index (κ2) is 8.22. The maximum atomic E-state index is 10.9. The van der Waals surface area contributed by atoms with Crippen molar-refractivity contribution in [3.8, 4) is 0 Å². The molecule has 0 bridgehead atoms. The lowest BCUT2D eigenvalue weighted by molar-refractivity contribution is -0.353. The molecule has 0 amide bonds. The number of ether oxygens (including phenoxy) is 2. The van der Waals surface area contributed by atoms with Crippen LogP contribution < -0.4 is 0 Å². The van der Waals surface area contributed by atoms with Gasteiger partial charge in [-0.2, -0.15) is 0 Å². The van der Waals surface area contributed by atoms with Crippen LogP contribution in [0.1, 0.15) is 34.1 Å². The molecule has 1 unspecified atom stereocenters. The summed E-state index contributed by atoms with van der Waals surface area (Å²) in [6.45, 7) is 11.4. The van der Waals surface area contributed by atoms with Crippen molar-refractivity contribution in [1.82, 2.24) is 0 Å². The van der Waals surface area contributed by atoms with Gasteiger partial charge in [0.1, 0.15) is 6.61 Å². The lowest BCUT2D eigenvalue weighted by Crippen LogP contribution is -2.24. The van der Waals surface area contributed by atoms with Crippen molar-refractivity contribution in [1.29, 1.82) is 0 Å². The SMILES string of the molecule is C=CC(=O)OC(CC)OCCOOC(C)(C)C. The molecule has 0 spiro atoms. The van der Waals surface area contributed by atoms with Crippen molar-refractivity contribution in [3.05, 3.63) is 12.7 Å². The Morgan fingerprint density at radius 2 is 2.00 bits per heavy atom. The molecule has 0 aliphatic heterocycles. The third-order valence-corrected chi connectivity index (χ3v) is 1.53. The van der Waals surface area contributed by atoms with Crippen molar-refractivity contribution in [3.63, 3.8) is 0 Å². The molecule has 0 aromatic rings. The fraction of sp³-hybridized carbons (Fsp3) is 0.750. The van der Waals surface area contributed by atoms with Gasteiger partial charge in [0.05, 0.1) is 12.2 Å². The third kappa shape index (κ3) is 9.99. The number of hydrogen-bond acceptors (Lipinski definition) is 5. The molecule has 0 aromatic heterocycles. The average Bonchev–Trinajstić information content (AvgIpc) is 2.25. The number of carbonyl (C=O) groups excluding carboxylic acids is 1. The predicted octanol–water partition coefficient (Wildman–Crippen LogP) is 2.21. The topological polar surface area (TPSA) is 54.0 Å². The molecule has 0 radical (unpaired) electrons. The fourth-order valence-corrected chi connectivity index (χ4v) is 0.845. The summed E-state index contributed by atoms with van der Waals surface area (Å²) in [5, 5.41) is 0. The molecular formula is C12H22O5. The Hall–Kier alpha value is -0.910. The van der Waals surface area contributed by atoms with Gasteiger partial charge in [-0.05, 0) is 20.8 Å². The molecule has 0 aliphatic carbocycles. The summed E-state index contributed by atoms with van der Waals surface area (Å²) in [5.41, 5.74) is -0.348. The first-order chi connectivity index (χ1) is 7.89. The maximum absolute atomic E-state index is 10.9. The van der Waals surface area contributed by atoms with Crippen LogP contribution in [-0.4, -0.2) is 31.1 Å². The van der Waals surface area contributed by atoms with Crippen molar-refractivity contribution < 1.29 is 24.0 Å². The lowest BCUT2D eigenvalue weighted by atomic mass is 10.2. The predicted molar refractivity (Wildman–Crippen MR) is 63.1 cm³/mol. The van der Waals surface area contributed by atoms with Crippen LogP contribution in [0.5, 0.6) is 0 Å². The van der Waals surface area contributed by atoms with E-state index in [1.165, 1.54) is 0 Å². The summed E-state index contributed by atoms with van der Waals surface area (Å²) < 4.78 is 10.2. The van der Waals surface area contributed by atoms with Crippen molar-refractivity contribution in [2.45, 2.75) is 46.0 Å². The molecule has 0 fully saturated rings. The van der Waals surface area contributed by atoms with Crippen LogP contribution in [0, 0.1) is 0 Å². The Morgan fingerprint density at radius 1 is 1.35 bits per heavy atom. The van der Waals surface area contributed by atoms with Crippen molar-refractivity contribution in [2.24, 2.45) is 0 Å². The highest BCUT2D eigenvalue weighted by Gasteiger charge is 2.12. The molecule has 0 saturated carbocycles. The first kappa shape index (κ1) is 16.1. The highest BCUT2D eigenvalue weighted by molar-refractivity contribution is 5.81. The molecular weight excluding hydrogens is 224 g/mol. The van der Waals surface area contributed by atoms with Gasteiger partial charge in [-0.3, -0.25) is 0 Å². The molecule has 0 saturated heterocycles. The second-order valence-electron chi connectivity index (χ2n) is 4.37. The minimum absolute atomic E-state index is 0.277. The second-order valence-corrected chi connectivity index (χ2v) is 4.37. The van der Waals surface area contributed by atoms with E-state index in [1.807, 2.05) is 27.7 Å². The highest BCUT2D eigenvalue weighted by atomic mass is 17.2. The van der Waals surface area contributed by atoms with Crippen LogP contribution in [0.25, 0.3) is 0 Å². The summed E-state index contributed by atoms with van der Waals surface area (Å²) in [4.78, 5) is 20.9. The summed E-state index contributed by atoms with van der Waals surface area (Å²) in [6, 6.07) is 0. The van der Waals surface area contributed by atoms with Crippen LogP contribution in [0.3, 0.4) is 0 Å². The van der Waals surface area contributed by atoms with Crippen molar-refractivity contribution >= 4 is 5.97 Å². The first-order valence-electron chi connectivity index (χ1n) is 5.64. The highest BCUT2D eigenvalue weighted by Crippen LogP contribution is 2.07. The summed E-state index contributed by atoms with van der Waals surface area (Å²) in [5.74, 6) is -0.497. The van der Waals surface area contributed by atoms with Gasteiger partial charge in [-0.1, -0.05) is 13.5 Å². The Bertz CT molecular complexity index is 232. The zero-order chi connectivity index (χ0) is 13.3. The van der Waals surface area contributed by atoms with E-state index in [2.05, 4.69) is 6.58 Å². The van der Waals surface area contributed by atoms with Gasteiger partial charge < -0.3 is 9.47 Å². The maximum Gasteiger partial charge on any atom is 0.332 e. The number of esters is 1. The zero-order valence-electron chi connectivity index (χ0n) is 11.0. The molecule has 0 N–H and O–H groups in total. The monoisotopic (exact) mass is 246 g/mol. The van der Waals surface area contributed by atoms with Gasteiger partial charge in [0, 0.05) is 12.5 Å². The fourth-order valence-electron chi connectivity index (χ4n) is 0.845. The van der Waals surface area contributed by atoms with Gasteiger partial charge in [0.25, 0.3) is 0 Å². The zero-order valence-corrected chi connectivity index (χ0v) is 11.0. The molecule has 0 rings (SSSR count). The van der Waals surface area contributed by atoms with Crippen LogP contribution in [0.15, 0.2) is 12.7 Å². The molecule has 1 atom stereocenters. The van der Waals surface area contributed by atoms with E-state index in [0.29, 0.717) is 13.0 Å². The summed E-state index contributed by atoms with van der Waals surface area (Å²) >= 11 is 0. The summed E-state index contributed by atoms with van der Waals surface area (Å²) in [6.07, 6.45) is 1.10. The minimum Gasteiger partial charge on any atom is -0.433 e. The Morgan fingerprint density at radius 3 is 2.47 bits per heavy atom. The van der Waals surface area contributed by atoms with Gasteiger partial charge in [-0.15, -0.1) is 0 Å². The normalized spacial score (nSPS) is 13.2. The Balaban J connectivity index is 3.63. The number of carbonyl (C=O) groups is 1. The van der Waals surface area contributed by atoms with Gasteiger partial charge in [0.15, 0.2) is 0 Å². The van der Waals surface area contributed by atoms with Gasteiger partial charge >= 0.3 is 5.97 Å². The molecule has 0 aromatic carbocycles. The van der Waals surface area contributed by atoms with E-state index in [4.69, 9.17) is 19.2 Å². The van der Waals surface area contributed by atoms with E-state index >= 15 is 0 Å².